The van der Waals surface area contributed by atoms with E-state index in [0.29, 0.717) is 31.0 Å². The van der Waals surface area contributed by atoms with Gasteiger partial charge in [-0.3, -0.25) is 14.3 Å². The fourth-order valence-electron chi connectivity index (χ4n) is 3.18. The van der Waals surface area contributed by atoms with E-state index < -0.39 is 11.6 Å². The summed E-state index contributed by atoms with van der Waals surface area (Å²) in [6, 6.07) is 4.70. The summed E-state index contributed by atoms with van der Waals surface area (Å²) in [5, 5.41) is 7.00. The van der Waals surface area contributed by atoms with Crippen molar-refractivity contribution in [3.63, 3.8) is 0 Å². The predicted molar refractivity (Wildman–Crippen MR) is 96.7 cm³/mol. The average Bonchev–Trinajstić information content (AvgIpc) is 3.01. The molecule has 0 aliphatic carbocycles. The third kappa shape index (κ3) is 4.21. The Morgan fingerprint density at radius 2 is 1.96 bits per heavy atom. The monoisotopic (exact) mass is 374 g/mol. The van der Waals surface area contributed by atoms with Crippen LogP contribution in [0.1, 0.15) is 12.8 Å². The quantitative estimate of drug-likeness (QED) is 0.837. The number of aromatic nitrogens is 2. The number of hydrogen-bond acceptors (Lipinski definition) is 3. The van der Waals surface area contributed by atoms with Crippen molar-refractivity contribution >= 4 is 17.6 Å². The number of benzene rings is 1. The molecule has 1 aliphatic rings. The van der Waals surface area contributed by atoms with Crippen LogP contribution in [0, 0.1) is 17.6 Å². The highest BCUT2D eigenvalue weighted by Gasteiger charge is 2.28. The van der Waals surface area contributed by atoms with E-state index in [1.54, 1.807) is 18.0 Å². The molecule has 8 heteroatoms. The molecule has 0 unspecified atom stereocenters. The van der Waals surface area contributed by atoms with E-state index in [4.69, 9.17) is 0 Å². The molecule has 6 nitrogen and oxygen atoms in total. The Bertz CT molecular complexity index is 874. The molecule has 3 rings (SSSR count). The van der Waals surface area contributed by atoms with E-state index in [0.717, 1.165) is 12.5 Å². The van der Waals surface area contributed by atoms with Crippen molar-refractivity contribution < 1.29 is 18.4 Å². The normalized spacial score (nSPS) is 16.9. The van der Waals surface area contributed by atoms with Crippen LogP contribution in [0.4, 0.5) is 14.6 Å². The van der Waals surface area contributed by atoms with Gasteiger partial charge in [-0.1, -0.05) is 6.58 Å². The Morgan fingerprint density at radius 3 is 2.63 bits per heavy atom. The van der Waals surface area contributed by atoms with E-state index in [9.17, 15) is 18.4 Å². The lowest BCUT2D eigenvalue weighted by Gasteiger charge is -2.31. The van der Waals surface area contributed by atoms with E-state index in [1.165, 1.54) is 22.9 Å². The summed E-state index contributed by atoms with van der Waals surface area (Å²) in [6.45, 7) is 4.41. The number of likely N-dealkylation sites (tertiary alicyclic amines) is 1. The molecule has 27 heavy (non-hydrogen) atoms. The van der Waals surface area contributed by atoms with Gasteiger partial charge in [0.2, 0.25) is 11.8 Å². The van der Waals surface area contributed by atoms with E-state index >= 15 is 0 Å². The zero-order valence-electron chi connectivity index (χ0n) is 14.9. The summed E-state index contributed by atoms with van der Waals surface area (Å²) in [7, 11) is 1.63. The zero-order valence-corrected chi connectivity index (χ0v) is 14.9. The number of anilines is 1. The second-order valence-electron chi connectivity index (χ2n) is 6.51. The van der Waals surface area contributed by atoms with Crippen LogP contribution in [0.15, 0.2) is 36.9 Å². The molecule has 2 heterocycles. The largest absolute Gasteiger partial charge is 0.338 e. The van der Waals surface area contributed by atoms with E-state index in [2.05, 4.69) is 17.0 Å². The van der Waals surface area contributed by atoms with Gasteiger partial charge in [0.05, 0.1) is 11.6 Å². The van der Waals surface area contributed by atoms with Crippen LogP contribution in [0.25, 0.3) is 11.3 Å². The highest BCUT2D eigenvalue weighted by molar-refractivity contribution is 5.93. The maximum Gasteiger partial charge on any atom is 0.245 e. The Balaban J connectivity index is 1.74. The Kier molecular flexibility index (Phi) is 5.34. The fourth-order valence-corrected chi connectivity index (χ4v) is 3.18. The lowest BCUT2D eigenvalue weighted by molar-refractivity contribution is -0.130. The number of carbonyl (C=O) groups is 2. The highest BCUT2D eigenvalue weighted by Crippen LogP contribution is 2.24. The minimum absolute atomic E-state index is 0.191. The summed E-state index contributed by atoms with van der Waals surface area (Å²) in [6.07, 6.45) is 2.65. The molecule has 0 saturated carbocycles. The van der Waals surface area contributed by atoms with Crippen LogP contribution in [0.2, 0.25) is 0 Å². The second kappa shape index (κ2) is 7.69. The van der Waals surface area contributed by atoms with Gasteiger partial charge in [0.15, 0.2) is 0 Å². The molecule has 2 aromatic rings. The first-order valence-corrected chi connectivity index (χ1v) is 8.60. The van der Waals surface area contributed by atoms with Gasteiger partial charge < -0.3 is 10.2 Å². The minimum Gasteiger partial charge on any atom is -0.338 e. The Morgan fingerprint density at radius 1 is 1.26 bits per heavy atom. The van der Waals surface area contributed by atoms with E-state index in [1.807, 2.05) is 0 Å². The fraction of sp³-hybridized carbons (Fsp3) is 0.316. The molecule has 0 bridgehead atoms. The molecule has 2 amide bonds. The molecule has 1 saturated heterocycles. The molecule has 1 atom stereocenters. The van der Waals surface area contributed by atoms with Crippen LogP contribution in [0.5, 0.6) is 0 Å². The van der Waals surface area contributed by atoms with Crippen LogP contribution in [-0.2, 0) is 16.6 Å². The zero-order chi connectivity index (χ0) is 19.6. The molecular weight excluding hydrogens is 354 g/mol. The molecule has 1 aliphatic heterocycles. The average molecular weight is 374 g/mol. The third-order valence-electron chi connectivity index (χ3n) is 4.57. The van der Waals surface area contributed by atoms with Crippen LogP contribution >= 0.6 is 0 Å². The summed E-state index contributed by atoms with van der Waals surface area (Å²) in [4.78, 5) is 26.0. The number of halogens is 2. The topological polar surface area (TPSA) is 67.2 Å². The highest BCUT2D eigenvalue weighted by atomic mass is 19.1. The van der Waals surface area contributed by atoms with Crippen molar-refractivity contribution in [3.05, 3.63) is 48.6 Å². The SMILES string of the molecule is C=CC(=O)N1CCC[C@@H](C(=O)Nc2cc(-c3cc(F)cc(F)c3)nn2C)C1. The van der Waals surface area contributed by atoms with Gasteiger partial charge in [-0.25, -0.2) is 8.78 Å². The first-order valence-electron chi connectivity index (χ1n) is 8.60. The lowest BCUT2D eigenvalue weighted by atomic mass is 9.97. The molecule has 142 valence electrons. The molecule has 0 spiro atoms. The number of amides is 2. The predicted octanol–water partition coefficient (Wildman–Crippen LogP) is 2.73. The molecule has 1 fully saturated rings. The number of hydrogen-bond donors (Lipinski definition) is 1. The summed E-state index contributed by atoms with van der Waals surface area (Å²) < 4.78 is 28.3. The van der Waals surface area contributed by atoms with Gasteiger partial charge in [0, 0.05) is 37.8 Å². The van der Waals surface area contributed by atoms with Crippen molar-refractivity contribution in [1.29, 1.82) is 0 Å². The number of carbonyl (C=O) groups excluding carboxylic acids is 2. The number of piperidine rings is 1. The van der Waals surface area contributed by atoms with Crippen LogP contribution < -0.4 is 5.32 Å². The third-order valence-corrected chi connectivity index (χ3v) is 4.57. The first kappa shape index (κ1) is 18.8. The first-order chi connectivity index (χ1) is 12.9. The number of nitrogens with zero attached hydrogens (tertiary/aromatic N) is 3. The molecule has 1 N–H and O–H groups in total. The number of aryl methyl sites for hydroxylation is 1. The van der Waals surface area contributed by atoms with Gasteiger partial charge >= 0.3 is 0 Å². The molecule has 1 aromatic carbocycles. The second-order valence-corrected chi connectivity index (χ2v) is 6.51. The molecule has 0 radical (unpaired) electrons. The summed E-state index contributed by atoms with van der Waals surface area (Å²) in [5.41, 5.74) is 0.627. The van der Waals surface area contributed by atoms with E-state index in [-0.39, 0.29) is 23.3 Å². The maximum atomic E-state index is 13.4. The standard InChI is InChI=1S/C19H20F2N4O2/c1-3-18(26)25-6-4-5-12(11-25)19(27)22-17-10-16(23-24(17)2)13-7-14(20)9-15(21)8-13/h3,7-10,12H,1,4-6,11H2,2H3,(H,22,27)/t12-/m1/s1. The van der Waals surface area contributed by atoms with Crippen molar-refractivity contribution in [2.24, 2.45) is 13.0 Å². The van der Waals surface area contributed by atoms with Crippen molar-refractivity contribution in [1.82, 2.24) is 14.7 Å². The maximum absolute atomic E-state index is 13.4. The van der Waals surface area contributed by atoms with Crippen LogP contribution in [0.3, 0.4) is 0 Å². The van der Waals surface area contributed by atoms with Crippen molar-refractivity contribution in [3.8, 4) is 11.3 Å². The number of rotatable bonds is 4. The minimum atomic E-state index is -0.699. The van der Waals surface area contributed by atoms with Gasteiger partial charge in [0.25, 0.3) is 0 Å². The smallest absolute Gasteiger partial charge is 0.245 e. The van der Waals surface area contributed by atoms with Crippen molar-refractivity contribution in [2.45, 2.75) is 12.8 Å². The summed E-state index contributed by atoms with van der Waals surface area (Å²) in [5.74, 6) is -1.75. The number of nitrogens with one attached hydrogen (secondary N) is 1. The van der Waals surface area contributed by atoms with Gasteiger partial charge in [-0.05, 0) is 31.1 Å². The Hall–Kier alpha value is -3.03. The lowest BCUT2D eigenvalue weighted by Crippen LogP contribution is -2.43. The Labute approximate surface area is 155 Å². The summed E-state index contributed by atoms with van der Waals surface area (Å²) >= 11 is 0. The van der Waals surface area contributed by atoms with Gasteiger partial charge in [0.1, 0.15) is 17.5 Å². The van der Waals surface area contributed by atoms with Crippen molar-refractivity contribution in [2.75, 3.05) is 18.4 Å². The van der Waals surface area contributed by atoms with Gasteiger partial charge in [-0.2, -0.15) is 5.10 Å². The van der Waals surface area contributed by atoms with Gasteiger partial charge in [-0.15, -0.1) is 0 Å². The molecular formula is C19H20F2N4O2. The molecule has 1 aromatic heterocycles. The van der Waals surface area contributed by atoms with Crippen LogP contribution in [-0.4, -0.2) is 39.6 Å².